The predicted molar refractivity (Wildman–Crippen MR) is 69.1 cm³/mol. The second-order valence-corrected chi connectivity index (χ2v) is 4.49. The average Bonchev–Trinajstić information content (AvgIpc) is 2.35. The summed E-state index contributed by atoms with van der Waals surface area (Å²) in [5, 5.41) is 5.19. The Balaban J connectivity index is 2.44. The topological polar surface area (TPSA) is 61.4 Å². The number of halogens is 1. The smallest absolute Gasteiger partial charge is 0.249 e. The SMILES string of the molecule is CNCc1cccc(F)c1N1CC(=O)NC(=O)C1C. The number of benzene rings is 1. The van der Waals surface area contributed by atoms with Crippen molar-refractivity contribution >= 4 is 17.5 Å². The maximum Gasteiger partial charge on any atom is 0.249 e. The van der Waals surface area contributed by atoms with Crippen molar-refractivity contribution in [1.82, 2.24) is 10.6 Å². The van der Waals surface area contributed by atoms with Gasteiger partial charge in [-0.25, -0.2) is 4.39 Å². The van der Waals surface area contributed by atoms with Crippen LogP contribution < -0.4 is 15.5 Å². The molecule has 1 aliphatic rings. The lowest BCUT2D eigenvalue weighted by Crippen LogP contribution is -2.57. The van der Waals surface area contributed by atoms with Gasteiger partial charge in [0, 0.05) is 6.54 Å². The number of rotatable bonds is 3. The fourth-order valence-electron chi connectivity index (χ4n) is 2.20. The Bertz CT molecular complexity index is 519. The van der Waals surface area contributed by atoms with E-state index in [1.165, 1.54) is 11.0 Å². The quantitative estimate of drug-likeness (QED) is 0.776. The van der Waals surface area contributed by atoms with Gasteiger partial charge in [0.1, 0.15) is 11.9 Å². The third-order valence-corrected chi connectivity index (χ3v) is 3.15. The van der Waals surface area contributed by atoms with Crippen LogP contribution in [0.3, 0.4) is 0 Å². The first-order valence-corrected chi connectivity index (χ1v) is 6.07. The highest BCUT2D eigenvalue weighted by Gasteiger charge is 2.32. The van der Waals surface area contributed by atoms with Gasteiger partial charge in [-0.15, -0.1) is 0 Å². The molecule has 2 N–H and O–H groups in total. The minimum Gasteiger partial charge on any atom is -0.348 e. The first-order chi connectivity index (χ1) is 9.04. The Morgan fingerprint density at radius 3 is 2.89 bits per heavy atom. The summed E-state index contributed by atoms with van der Waals surface area (Å²) < 4.78 is 14.1. The van der Waals surface area contributed by atoms with Crippen molar-refractivity contribution in [2.24, 2.45) is 0 Å². The third-order valence-electron chi connectivity index (χ3n) is 3.15. The lowest BCUT2D eigenvalue weighted by Gasteiger charge is -2.35. The number of hydrogen-bond acceptors (Lipinski definition) is 4. The van der Waals surface area contributed by atoms with Gasteiger partial charge in [0.05, 0.1) is 12.2 Å². The molecule has 6 heteroatoms. The number of nitrogens with zero attached hydrogens (tertiary/aromatic N) is 1. The van der Waals surface area contributed by atoms with E-state index in [4.69, 9.17) is 0 Å². The highest BCUT2D eigenvalue weighted by atomic mass is 19.1. The fraction of sp³-hybridized carbons (Fsp3) is 0.385. The summed E-state index contributed by atoms with van der Waals surface area (Å²) in [5.74, 6) is -1.25. The Hall–Kier alpha value is -1.95. The maximum absolute atomic E-state index is 14.1. The summed E-state index contributed by atoms with van der Waals surface area (Å²) in [6, 6.07) is 4.14. The molecule has 0 aliphatic carbocycles. The van der Waals surface area contributed by atoms with Gasteiger partial charge in [-0.05, 0) is 25.6 Å². The number of anilines is 1. The number of carbonyl (C=O) groups is 2. The van der Waals surface area contributed by atoms with Crippen LogP contribution in [-0.4, -0.2) is 31.4 Å². The van der Waals surface area contributed by atoms with Crippen molar-refractivity contribution in [3.63, 3.8) is 0 Å². The van der Waals surface area contributed by atoms with Gasteiger partial charge >= 0.3 is 0 Å². The van der Waals surface area contributed by atoms with Gasteiger partial charge < -0.3 is 10.2 Å². The van der Waals surface area contributed by atoms with Crippen LogP contribution in [-0.2, 0) is 16.1 Å². The highest BCUT2D eigenvalue weighted by molar-refractivity contribution is 6.04. The van der Waals surface area contributed by atoms with Crippen molar-refractivity contribution in [2.75, 3.05) is 18.5 Å². The van der Waals surface area contributed by atoms with Crippen molar-refractivity contribution < 1.29 is 14.0 Å². The van der Waals surface area contributed by atoms with Crippen molar-refractivity contribution in [1.29, 1.82) is 0 Å². The molecule has 102 valence electrons. The lowest BCUT2D eigenvalue weighted by atomic mass is 10.1. The molecule has 2 rings (SSSR count). The van der Waals surface area contributed by atoms with E-state index in [-0.39, 0.29) is 6.54 Å². The molecule has 1 aromatic rings. The zero-order valence-electron chi connectivity index (χ0n) is 10.9. The van der Waals surface area contributed by atoms with Gasteiger partial charge in [-0.3, -0.25) is 14.9 Å². The fourth-order valence-corrected chi connectivity index (χ4v) is 2.20. The Morgan fingerprint density at radius 1 is 1.47 bits per heavy atom. The first kappa shape index (κ1) is 13.5. The molecule has 1 unspecified atom stereocenters. The van der Waals surface area contributed by atoms with Crippen molar-refractivity contribution in [2.45, 2.75) is 19.5 Å². The van der Waals surface area contributed by atoms with Crippen LogP contribution in [0.25, 0.3) is 0 Å². The van der Waals surface area contributed by atoms with Crippen LogP contribution >= 0.6 is 0 Å². The molecule has 1 aromatic carbocycles. The van der Waals surface area contributed by atoms with Gasteiger partial charge in [-0.1, -0.05) is 12.1 Å². The molecule has 1 atom stereocenters. The van der Waals surface area contributed by atoms with E-state index < -0.39 is 23.7 Å². The molecule has 1 fully saturated rings. The molecule has 0 spiro atoms. The number of carbonyl (C=O) groups excluding carboxylic acids is 2. The van der Waals surface area contributed by atoms with Crippen LogP contribution in [0, 0.1) is 5.82 Å². The maximum atomic E-state index is 14.1. The summed E-state index contributed by atoms with van der Waals surface area (Å²) in [6.07, 6.45) is 0. The monoisotopic (exact) mass is 265 g/mol. The molecule has 19 heavy (non-hydrogen) atoms. The molecule has 1 saturated heterocycles. The van der Waals surface area contributed by atoms with E-state index in [0.717, 1.165) is 5.56 Å². The summed E-state index contributed by atoms with van der Waals surface area (Å²) in [6.45, 7) is 2.09. The van der Waals surface area contributed by atoms with E-state index in [0.29, 0.717) is 12.2 Å². The molecule has 2 amide bonds. The van der Waals surface area contributed by atoms with E-state index in [9.17, 15) is 14.0 Å². The van der Waals surface area contributed by atoms with Crippen LogP contribution in [0.5, 0.6) is 0 Å². The Morgan fingerprint density at radius 2 is 2.21 bits per heavy atom. The van der Waals surface area contributed by atoms with E-state index in [1.807, 2.05) is 0 Å². The molecule has 0 saturated carbocycles. The largest absolute Gasteiger partial charge is 0.348 e. The Labute approximate surface area is 110 Å². The zero-order chi connectivity index (χ0) is 14.0. The molecule has 0 radical (unpaired) electrons. The zero-order valence-corrected chi connectivity index (χ0v) is 10.9. The van der Waals surface area contributed by atoms with E-state index in [2.05, 4.69) is 10.6 Å². The normalized spacial score (nSPS) is 19.5. The van der Waals surface area contributed by atoms with Crippen LogP contribution in [0.15, 0.2) is 18.2 Å². The van der Waals surface area contributed by atoms with E-state index >= 15 is 0 Å². The molecule has 0 aromatic heterocycles. The molecule has 0 bridgehead atoms. The summed E-state index contributed by atoms with van der Waals surface area (Å²) in [7, 11) is 1.76. The van der Waals surface area contributed by atoms with Crippen molar-refractivity contribution in [3.8, 4) is 0 Å². The summed E-state index contributed by atoms with van der Waals surface area (Å²) >= 11 is 0. The predicted octanol–water partition coefficient (Wildman–Crippen LogP) is 0.396. The average molecular weight is 265 g/mol. The highest BCUT2D eigenvalue weighted by Crippen LogP contribution is 2.27. The second kappa shape index (κ2) is 5.36. The first-order valence-electron chi connectivity index (χ1n) is 6.07. The van der Waals surface area contributed by atoms with Gasteiger partial charge in [-0.2, -0.15) is 0 Å². The van der Waals surface area contributed by atoms with Crippen LogP contribution in [0.4, 0.5) is 10.1 Å². The molecular formula is C13H16FN3O2. The molecule has 5 nitrogen and oxygen atoms in total. The third kappa shape index (κ3) is 2.58. The molecule has 1 heterocycles. The summed E-state index contributed by atoms with van der Waals surface area (Å²) in [4.78, 5) is 24.6. The molecule has 1 aliphatic heterocycles. The number of imide groups is 1. The number of hydrogen-bond donors (Lipinski definition) is 2. The van der Waals surface area contributed by atoms with Crippen LogP contribution in [0.2, 0.25) is 0 Å². The minimum atomic E-state index is -0.579. The summed E-state index contributed by atoms with van der Waals surface area (Å²) in [5.41, 5.74) is 1.03. The van der Waals surface area contributed by atoms with Gasteiger partial charge in [0.25, 0.3) is 0 Å². The number of amides is 2. The second-order valence-electron chi connectivity index (χ2n) is 4.49. The van der Waals surface area contributed by atoms with E-state index in [1.54, 1.807) is 26.1 Å². The number of piperazine rings is 1. The van der Waals surface area contributed by atoms with Gasteiger partial charge in [0.15, 0.2) is 0 Å². The van der Waals surface area contributed by atoms with Crippen molar-refractivity contribution in [3.05, 3.63) is 29.6 Å². The Kier molecular flexibility index (Phi) is 3.80. The van der Waals surface area contributed by atoms with Gasteiger partial charge in [0.2, 0.25) is 11.8 Å². The molecular weight excluding hydrogens is 249 g/mol. The lowest BCUT2D eigenvalue weighted by molar-refractivity contribution is -0.132. The minimum absolute atomic E-state index is 0.0233. The van der Waals surface area contributed by atoms with Crippen LogP contribution in [0.1, 0.15) is 12.5 Å². The number of para-hydroxylation sites is 1. The standard InChI is InChI=1S/C13H16FN3O2/c1-8-13(19)16-11(18)7-17(8)12-9(6-15-2)4-3-5-10(12)14/h3-5,8,15H,6-7H2,1-2H3,(H,16,18,19). The number of nitrogens with one attached hydrogen (secondary N) is 2.